The Hall–Kier alpha value is -11.6. The van der Waals surface area contributed by atoms with Gasteiger partial charge in [-0.3, -0.25) is 86.5 Å². The average molecular weight is 1680 g/mol. The van der Waals surface area contributed by atoms with Gasteiger partial charge in [0.1, 0.15) is 83.8 Å². The van der Waals surface area contributed by atoms with Crippen molar-refractivity contribution < 1.29 is 91.7 Å². The van der Waals surface area contributed by atoms with E-state index in [0.29, 0.717) is 31.2 Å². The van der Waals surface area contributed by atoms with Gasteiger partial charge in [0.15, 0.2) is 5.96 Å². The van der Waals surface area contributed by atoms with Crippen LogP contribution in [0, 0.1) is 17.8 Å². The molecule has 13 unspecified atom stereocenters. The number of aromatic nitrogens is 2. The number of phenolic OH excluding ortho intramolecular Hbond substituents is 1. The number of nitrogens with two attached hydrogens (primary N) is 7. The highest BCUT2D eigenvalue weighted by Crippen LogP contribution is 2.18. The average Bonchev–Trinajstić information content (AvgIpc) is 1.18. The molecule has 1 aromatic heterocycles. The summed E-state index contributed by atoms with van der Waals surface area (Å²) < 4.78 is 0. The molecule has 0 saturated heterocycles. The van der Waals surface area contributed by atoms with Crippen LogP contribution in [0.1, 0.15) is 205 Å². The fourth-order valence-corrected chi connectivity index (χ4v) is 11.6. The number of amides is 16. The molecule has 0 saturated carbocycles. The van der Waals surface area contributed by atoms with Gasteiger partial charge in [0, 0.05) is 50.5 Å². The van der Waals surface area contributed by atoms with Gasteiger partial charge in [-0.25, -0.2) is 4.98 Å². The zero-order valence-corrected chi connectivity index (χ0v) is 69.5. The lowest BCUT2D eigenvalue weighted by molar-refractivity contribution is -0.140. The Labute approximate surface area is 693 Å². The number of H-pyrrole nitrogens is 1. The van der Waals surface area contributed by atoms with Gasteiger partial charge in [0.25, 0.3) is 0 Å². The second-order valence-corrected chi connectivity index (χ2v) is 31.1. The van der Waals surface area contributed by atoms with Gasteiger partial charge in [-0.1, -0.05) is 87.3 Å². The lowest BCUT2D eigenvalue weighted by Gasteiger charge is -2.32. The molecule has 0 aliphatic heterocycles. The van der Waals surface area contributed by atoms with Crippen molar-refractivity contribution in [2.75, 3.05) is 13.1 Å². The summed E-state index contributed by atoms with van der Waals surface area (Å²) in [5.74, 6) is -18.2. The van der Waals surface area contributed by atoms with Gasteiger partial charge >= 0.3 is 5.97 Å². The number of hydrogen-bond donors (Lipinski definition) is 23. The molecule has 42 nitrogen and oxygen atoms in total. The summed E-state index contributed by atoms with van der Waals surface area (Å²) >= 11 is 0. The molecule has 119 heavy (non-hydrogen) atoms. The zero-order valence-electron chi connectivity index (χ0n) is 69.5. The summed E-state index contributed by atoms with van der Waals surface area (Å²) in [5, 5.41) is 52.8. The highest BCUT2D eigenvalue weighted by atomic mass is 16.4. The molecule has 16 amide bonds. The number of guanidine groups is 1. The number of primary amides is 3. The van der Waals surface area contributed by atoms with Crippen LogP contribution in [0.25, 0.3) is 0 Å². The number of benzene rings is 1. The number of aliphatic imine (C=N–C) groups is 1. The zero-order chi connectivity index (χ0) is 89.5. The number of nitrogens with one attached hydrogen (secondary N) is 14. The summed E-state index contributed by atoms with van der Waals surface area (Å²) in [6.45, 7) is 18.6. The molecular weight excluding hydrogens is 1550 g/mol. The topological polar surface area (TPSA) is 710 Å². The standard InChI is InChI=1S/C76H127N23O19.CH4/c1-13-15-19-46(90-68(113)53(34-39(3)4)94-66(111)50(27-30-56(79)102)92-70(115)59(41(7)14-2)97-67(112)51(28-31-57(103)104)96-73(118)76(11,12)99-71(116)58(40(5)6)98-72(117)75(9,10)83)64(109)95-54(36-44-37-84-38-86-44)69(114)91-49(26-29-55(78)101)65(110)89-48(21-18-33-85-74(81)82)62(107)87-42(8)61(106)88-47(20-16-17-32-77)63(108)93-52(60(80)105)35-43-22-24-45(100)25-23-43;/h22-25,37-42,46-54,58-59,100H,13-21,26-36,77,83H2,1-12H3,(H2,78,101)(H2,79,102)(H2,80,105)(H,84,86)(H,87,107)(H,88,106)(H,89,110)(H,90,113)(H,91,114)(H,92,115)(H,93,108)(H,94,111)(H,95,109)(H,96,118)(H,97,112)(H,98,117)(H,99,116)(H,103,104)(H4,81,82,85);1H4. The predicted molar refractivity (Wildman–Crippen MR) is 439 cm³/mol. The summed E-state index contributed by atoms with van der Waals surface area (Å²) in [4.78, 5) is 245. The third-order valence-electron chi connectivity index (χ3n) is 18.9. The molecule has 0 aliphatic carbocycles. The molecule has 1 aromatic carbocycles. The number of aromatic amines is 1. The van der Waals surface area contributed by atoms with Crippen LogP contribution in [0.3, 0.4) is 0 Å². The molecule has 0 bridgehead atoms. The molecule has 0 spiro atoms. The number of imidazole rings is 1. The number of carbonyl (C=O) groups excluding carboxylic acids is 16. The quantitative estimate of drug-likeness (QED) is 0.0171. The number of aliphatic carboxylic acids is 1. The first-order valence-corrected chi connectivity index (χ1v) is 39.5. The van der Waals surface area contributed by atoms with E-state index in [4.69, 9.17) is 40.1 Å². The number of carboxylic acid groups (broad SMARTS) is 1. The molecule has 0 fully saturated rings. The minimum atomic E-state index is -1.82. The van der Waals surface area contributed by atoms with Crippen molar-refractivity contribution in [2.24, 2.45) is 62.9 Å². The first-order chi connectivity index (χ1) is 55.1. The minimum absolute atomic E-state index is 0. The molecule has 2 aromatic rings. The molecule has 1 heterocycles. The third kappa shape index (κ3) is 39.5. The van der Waals surface area contributed by atoms with E-state index in [0.717, 1.165) is 0 Å². The Morgan fingerprint density at radius 2 is 0.933 bits per heavy atom. The highest BCUT2D eigenvalue weighted by molar-refractivity contribution is 6.01. The van der Waals surface area contributed by atoms with Gasteiger partial charge in [0.2, 0.25) is 94.5 Å². The van der Waals surface area contributed by atoms with Crippen molar-refractivity contribution in [3.8, 4) is 5.75 Å². The van der Waals surface area contributed by atoms with Gasteiger partial charge in [0.05, 0.1) is 11.9 Å². The minimum Gasteiger partial charge on any atom is -0.508 e. The number of carboxylic acids is 1. The van der Waals surface area contributed by atoms with Crippen molar-refractivity contribution in [1.82, 2.24) is 79.1 Å². The second kappa shape index (κ2) is 52.3. The van der Waals surface area contributed by atoms with E-state index in [-0.39, 0.29) is 95.2 Å². The van der Waals surface area contributed by atoms with Crippen LogP contribution in [0.15, 0.2) is 41.8 Å². The summed E-state index contributed by atoms with van der Waals surface area (Å²) in [7, 11) is 0. The molecule has 13 atom stereocenters. The molecule has 668 valence electrons. The fourth-order valence-electron chi connectivity index (χ4n) is 11.6. The fraction of sp³-hybridized carbons (Fsp3) is 0.649. The first kappa shape index (κ1) is 105. The van der Waals surface area contributed by atoms with Crippen molar-refractivity contribution in [2.45, 2.75) is 290 Å². The largest absolute Gasteiger partial charge is 0.508 e. The maximum atomic E-state index is 14.8. The predicted octanol–water partition coefficient (Wildman–Crippen LogP) is -3.99. The van der Waals surface area contributed by atoms with Crippen LogP contribution in [0.5, 0.6) is 5.75 Å². The van der Waals surface area contributed by atoms with E-state index < -0.39 is 234 Å². The number of unbranched alkanes of at least 4 members (excludes halogenated alkanes) is 2. The van der Waals surface area contributed by atoms with Crippen LogP contribution in [0.2, 0.25) is 0 Å². The van der Waals surface area contributed by atoms with Crippen molar-refractivity contribution in [3.63, 3.8) is 0 Å². The summed E-state index contributed by atoms with van der Waals surface area (Å²) in [6, 6.07) is -12.0. The summed E-state index contributed by atoms with van der Waals surface area (Å²) in [5.41, 5.74) is 37.2. The molecule has 30 N–H and O–H groups in total. The van der Waals surface area contributed by atoms with Crippen LogP contribution in [0.4, 0.5) is 0 Å². The number of rotatable bonds is 56. The summed E-state index contributed by atoms with van der Waals surface area (Å²) in [6.07, 6.45) is 0.396. The third-order valence-corrected chi connectivity index (χ3v) is 18.9. The Morgan fingerprint density at radius 1 is 0.487 bits per heavy atom. The van der Waals surface area contributed by atoms with Crippen LogP contribution in [-0.4, -0.2) is 223 Å². The van der Waals surface area contributed by atoms with Crippen LogP contribution in [-0.2, 0) is 94.3 Å². The van der Waals surface area contributed by atoms with Crippen molar-refractivity contribution in [3.05, 3.63) is 48.0 Å². The normalized spacial score (nSPS) is 14.6. The molecule has 42 heteroatoms. The smallest absolute Gasteiger partial charge is 0.303 e. The molecule has 0 aliphatic rings. The van der Waals surface area contributed by atoms with Crippen LogP contribution >= 0.6 is 0 Å². The SMILES string of the molecule is C.CCCCC(NC(=O)C(CC(C)C)NC(=O)C(CCC(N)=O)NC(=O)C(NC(=O)C(CCC(=O)O)NC(=O)C(C)(C)NC(=O)C(NC(=O)C(C)(C)N)C(C)C)C(C)CC)C(=O)NC(Cc1cnc[nH]1)C(=O)NC(CCC(N)=O)C(=O)NC(CCCN=C(N)N)C(=O)NC(C)C(=O)NC(CCCCN)C(=O)NC(Cc1ccc(O)cc1)C(N)=O. The van der Waals surface area contributed by atoms with Crippen molar-refractivity contribution >= 4 is 106 Å². The van der Waals surface area contributed by atoms with E-state index in [1.54, 1.807) is 48.5 Å². The van der Waals surface area contributed by atoms with Gasteiger partial charge in [-0.15, -0.1) is 0 Å². The molecule has 2 rings (SSSR count). The van der Waals surface area contributed by atoms with E-state index >= 15 is 0 Å². The maximum Gasteiger partial charge on any atom is 0.303 e. The van der Waals surface area contributed by atoms with Gasteiger partial charge in [-0.05, 0) is 141 Å². The number of hydrogen-bond acceptors (Lipinski definition) is 22. The van der Waals surface area contributed by atoms with Gasteiger partial charge in [-0.2, -0.15) is 0 Å². The number of phenols is 1. The van der Waals surface area contributed by atoms with Crippen LogP contribution < -0.4 is 109 Å². The van der Waals surface area contributed by atoms with E-state index in [2.05, 4.69) is 84.1 Å². The van der Waals surface area contributed by atoms with E-state index in [9.17, 15) is 91.7 Å². The first-order valence-electron chi connectivity index (χ1n) is 39.5. The highest BCUT2D eigenvalue weighted by Gasteiger charge is 2.41. The number of carbonyl (C=O) groups is 17. The number of aromatic hydroxyl groups is 1. The lowest BCUT2D eigenvalue weighted by atomic mass is 9.96. The Bertz CT molecular complexity index is 3750. The monoisotopic (exact) mass is 1680 g/mol. The van der Waals surface area contributed by atoms with Gasteiger partial charge < -0.3 is 124 Å². The lowest BCUT2D eigenvalue weighted by Crippen LogP contribution is -2.64. The molecule has 0 radical (unpaired) electrons. The molecular formula is C77H131N23O19. The Balaban J connectivity index is 0.0000708. The van der Waals surface area contributed by atoms with E-state index in [1.807, 2.05) is 0 Å². The van der Waals surface area contributed by atoms with Crippen molar-refractivity contribution in [1.29, 1.82) is 0 Å². The Morgan fingerprint density at radius 3 is 1.39 bits per heavy atom. The number of nitrogens with zero attached hydrogens (tertiary/aromatic N) is 2. The second-order valence-electron chi connectivity index (χ2n) is 31.1. The van der Waals surface area contributed by atoms with E-state index in [1.165, 1.54) is 71.4 Å². The Kier molecular flexibility index (Phi) is 46.3. The maximum absolute atomic E-state index is 14.8.